The van der Waals surface area contributed by atoms with E-state index in [2.05, 4.69) is 30.9 Å². The van der Waals surface area contributed by atoms with Crippen molar-refractivity contribution >= 4 is 5.82 Å². The SMILES string of the molecule is CC(Nc1ncc(F)cc1F)c1nn[nH]n1. The molecule has 6 nitrogen and oxygen atoms in total. The molecule has 0 fully saturated rings. The second-order valence-corrected chi connectivity index (χ2v) is 3.12. The zero-order valence-corrected chi connectivity index (χ0v) is 8.28. The summed E-state index contributed by atoms with van der Waals surface area (Å²) in [6, 6.07) is 0.365. The molecule has 0 saturated carbocycles. The molecule has 0 aliphatic rings. The summed E-state index contributed by atoms with van der Waals surface area (Å²) in [7, 11) is 0. The van der Waals surface area contributed by atoms with Gasteiger partial charge in [-0.2, -0.15) is 5.21 Å². The van der Waals surface area contributed by atoms with Crippen LogP contribution >= 0.6 is 0 Å². The van der Waals surface area contributed by atoms with E-state index >= 15 is 0 Å². The van der Waals surface area contributed by atoms with Gasteiger partial charge in [0.15, 0.2) is 17.5 Å². The molecule has 2 aromatic rings. The molecular weight excluding hydrogens is 218 g/mol. The van der Waals surface area contributed by atoms with E-state index in [-0.39, 0.29) is 11.9 Å². The van der Waals surface area contributed by atoms with Crippen molar-refractivity contribution in [2.24, 2.45) is 0 Å². The molecule has 1 unspecified atom stereocenters. The number of H-pyrrole nitrogens is 1. The third-order valence-corrected chi connectivity index (χ3v) is 1.91. The van der Waals surface area contributed by atoms with E-state index in [1.54, 1.807) is 6.92 Å². The molecule has 0 aliphatic carbocycles. The third-order valence-electron chi connectivity index (χ3n) is 1.91. The second kappa shape index (κ2) is 4.17. The molecule has 16 heavy (non-hydrogen) atoms. The minimum Gasteiger partial charge on any atom is -0.358 e. The predicted octanol–water partition coefficient (Wildman–Crippen LogP) is 1.05. The number of hydrogen-bond donors (Lipinski definition) is 2. The Morgan fingerprint density at radius 1 is 1.44 bits per heavy atom. The lowest BCUT2D eigenvalue weighted by Gasteiger charge is -2.10. The maximum absolute atomic E-state index is 13.2. The van der Waals surface area contributed by atoms with Crippen molar-refractivity contribution in [3.05, 3.63) is 29.7 Å². The lowest BCUT2D eigenvalue weighted by molar-refractivity contribution is 0.573. The quantitative estimate of drug-likeness (QED) is 0.817. The van der Waals surface area contributed by atoms with Gasteiger partial charge in [0.2, 0.25) is 0 Å². The highest BCUT2D eigenvalue weighted by Gasteiger charge is 2.13. The van der Waals surface area contributed by atoms with E-state index < -0.39 is 11.6 Å². The molecule has 0 aliphatic heterocycles. The Bertz CT molecular complexity index is 471. The Hall–Kier alpha value is -2.12. The number of hydrogen-bond acceptors (Lipinski definition) is 5. The van der Waals surface area contributed by atoms with Crippen molar-refractivity contribution in [3.8, 4) is 0 Å². The topological polar surface area (TPSA) is 79.4 Å². The first kappa shape index (κ1) is 10.4. The number of halogens is 2. The Balaban J connectivity index is 2.15. The van der Waals surface area contributed by atoms with Gasteiger partial charge in [-0.15, -0.1) is 10.2 Å². The van der Waals surface area contributed by atoms with Crippen LogP contribution in [0.5, 0.6) is 0 Å². The zero-order valence-electron chi connectivity index (χ0n) is 8.28. The van der Waals surface area contributed by atoms with Crippen LogP contribution < -0.4 is 5.32 Å². The monoisotopic (exact) mass is 226 g/mol. The minimum atomic E-state index is -0.768. The van der Waals surface area contributed by atoms with Crippen molar-refractivity contribution in [3.63, 3.8) is 0 Å². The van der Waals surface area contributed by atoms with Crippen LogP contribution in [0.1, 0.15) is 18.8 Å². The number of aromatic nitrogens is 5. The predicted molar refractivity (Wildman–Crippen MR) is 50.4 cm³/mol. The van der Waals surface area contributed by atoms with Crippen LogP contribution in [0.3, 0.4) is 0 Å². The van der Waals surface area contributed by atoms with Crippen molar-refractivity contribution in [1.29, 1.82) is 0 Å². The van der Waals surface area contributed by atoms with Gasteiger partial charge in [-0.25, -0.2) is 13.8 Å². The number of rotatable bonds is 3. The summed E-state index contributed by atoms with van der Waals surface area (Å²) in [4.78, 5) is 3.58. The molecule has 0 bridgehead atoms. The van der Waals surface area contributed by atoms with Gasteiger partial charge in [0.25, 0.3) is 0 Å². The second-order valence-electron chi connectivity index (χ2n) is 3.12. The molecule has 2 aromatic heterocycles. The minimum absolute atomic E-state index is 0.0568. The fourth-order valence-electron chi connectivity index (χ4n) is 1.14. The highest BCUT2D eigenvalue weighted by molar-refractivity contribution is 5.37. The first-order chi connectivity index (χ1) is 7.66. The number of tetrazole rings is 1. The molecule has 0 saturated heterocycles. The first-order valence-electron chi connectivity index (χ1n) is 4.47. The zero-order chi connectivity index (χ0) is 11.5. The molecule has 84 valence electrons. The number of aromatic amines is 1. The highest BCUT2D eigenvalue weighted by Crippen LogP contribution is 2.16. The standard InChI is InChI=1S/C8H8F2N6/c1-4(7-13-15-16-14-7)12-8-6(10)2-5(9)3-11-8/h2-4H,1H3,(H,11,12)(H,13,14,15,16). The van der Waals surface area contributed by atoms with Crippen LogP contribution in [0.25, 0.3) is 0 Å². The Morgan fingerprint density at radius 2 is 2.25 bits per heavy atom. The van der Waals surface area contributed by atoms with E-state index in [9.17, 15) is 8.78 Å². The van der Waals surface area contributed by atoms with E-state index in [1.807, 2.05) is 0 Å². The van der Waals surface area contributed by atoms with E-state index in [4.69, 9.17) is 0 Å². The van der Waals surface area contributed by atoms with Gasteiger partial charge < -0.3 is 5.32 Å². The van der Waals surface area contributed by atoms with Crippen molar-refractivity contribution in [2.45, 2.75) is 13.0 Å². The third kappa shape index (κ3) is 2.10. The fraction of sp³-hybridized carbons (Fsp3) is 0.250. The van der Waals surface area contributed by atoms with Gasteiger partial charge >= 0.3 is 0 Å². The Labute approximate surface area is 89.1 Å². The van der Waals surface area contributed by atoms with Crippen molar-refractivity contribution in [1.82, 2.24) is 25.6 Å². The highest BCUT2D eigenvalue weighted by atomic mass is 19.1. The number of nitrogens with zero attached hydrogens (tertiary/aromatic N) is 4. The fourth-order valence-corrected chi connectivity index (χ4v) is 1.14. The molecule has 2 rings (SSSR count). The van der Waals surface area contributed by atoms with Crippen LogP contribution in [0.4, 0.5) is 14.6 Å². The normalized spacial score (nSPS) is 12.4. The van der Waals surface area contributed by atoms with Crippen LogP contribution in [-0.2, 0) is 0 Å². The van der Waals surface area contributed by atoms with Crippen LogP contribution in [-0.4, -0.2) is 25.6 Å². The molecule has 0 spiro atoms. The lowest BCUT2D eigenvalue weighted by atomic mass is 10.3. The van der Waals surface area contributed by atoms with E-state index in [1.165, 1.54) is 0 Å². The average molecular weight is 226 g/mol. The van der Waals surface area contributed by atoms with Gasteiger partial charge in [-0.1, -0.05) is 5.21 Å². The molecular formula is C8H8F2N6. The summed E-state index contributed by atoms with van der Waals surface area (Å²) in [5.74, 6) is -1.19. The smallest absolute Gasteiger partial charge is 0.196 e. The molecule has 0 radical (unpaired) electrons. The lowest BCUT2D eigenvalue weighted by Crippen LogP contribution is -2.11. The van der Waals surface area contributed by atoms with Crippen LogP contribution in [0, 0.1) is 11.6 Å². The van der Waals surface area contributed by atoms with E-state index in [0.717, 1.165) is 12.3 Å². The molecule has 1 atom stereocenters. The van der Waals surface area contributed by atoms with Crippen LogP contribution in [0.15, 0.2) is 12.3 Å². The number of anilines is 1. The number of nitrogens with one attached hydrogen (secondary N) is 2. The molecule has 0 amide bonds. The van der Waals surface area contributed by atoms with Gasteiger partial charge in [-0.05, 0) is 6.92 Å². The number of pyridine rings is 1. The van der Waals surface area contributed by atoms with Crippen molar-refractivity contribution < 1.29 is 8.78 Å². The van der Waals surface area contributed by atoms with Gasteiger partial charge in [0.05, 0.1) is 12.2 Å². The summed E-state index contributed by atoms with van der Waals surface area (Å²) < 4.78 is 25.8. The van der Waals surface area contributed by atoms with Gasteiger partial charge in [0.1, 0.15) is 5.82 Å². The summed E-state index contributed by atoms with van der Waals surface area (Å²) in [6.07, 6.45) is 0.925. The maximum atomic E-state index is 13.2. The first-order valence-corrected chi connectivity index (χ1v) is 4.47. The van der Waals surface area contributed by atoms with Gasteiger partial charge in [-0.3, -0.25) is 0 Å². The van der Waals surface area contributed by atoms with E-state index in [0.29, 0.717) is 5.82 Å². The van der Waals surface area contributed by atoms with Crippen LogP contribution in [0.2, 0.25) is 0 Å². The van der Waals surface area contributed by atoms with Gasteiger partial charge in [0, 0.05) is 6.07 Å². The molecule has 2 N–H and O–H groups in total. The van der Waals surface area contributed by atoms with Crippen molar-refractivity contribution in [2.75, 3.05) is 5.32 Å². The Kier molecular flexibility index (Phi) is 2.71. The largest absolute Gasteiger partial charge is 0.358 e. The molecule has 8 heteroatoms. The Morgan fingerprint density at radius 3 is 2.88 bits per heavy atom. The summed E-state index contributed by atoms with van der Waals surface area (Å²) >= 11 is 0. The molecule has 2 heterocycles. The summed E-state index contributed by atoms with van der Waals surface area (Å²) in [6.45, 7) is 1.70. The molecule has 0 aromatic carbocycles. The maximum Gasteiger partial charge on any atom is 0.196 e. The summed E-state index contributed by atoms with van der Waals surface area (Å²) in [5, 5.41) is 15.8. The average Bonchev–Trinajstić information content (AvgIpc) is 2.75. The summed E-state index contributed by atoms with van der Waals surface area (Å²) in [5.41, 5.74) is 0.